The molecule has 0 fully saturated rings. The highest BCUT2D eigenvalue weighted by Gasteiger charge is 2.29. The maximum Gasteiger partial charge on any atom is 0.137 e. The highest BCUT2D eigenvalue weighted by atomic mass is 19.1. The summed E-state index contributed by atoms with van der Waals surface area (Å²) in [5, 5.41) is 4.04. The number of nitrogen functional groups attached to an aromatic ring is 1. The Morgan fingerprint density at radius 2 is 2.26 bits per heavy atom. The van der Waals surface area contributed by atoms with E-state index in [4.69, 9.17) is 10.5 Å². The number of ether oxygens (including phenoxy) is 1. The second-order valence-electron chi connectivity index (χ2n) is 5.38. The number of hydrogen-bond donors (Lipinski definition) is 1. The van der Waals surface area contributed by atoms with Crippen LogP contribution in [0.25, 0.3) is 0 Å². The molecule has 0 spiro atoms. The number of pyridine rings is 1. The predicted octanol–water partition coefficient (Wildman–Crippen LogP) is 2.12. The fourth-order valence-corrected chi connectivity index (χ4v) is 2.88. The van der Waals surface area contributed by atoms with E-state index in [9.17, 15) is 4.39 Å². The van der Waals surface area contributed by atoms with E-state index in [0.29, 0.717) is 30.1 Å². The first-order chi connectivity index (χ1) is 11.2. The molecule has 6 nitrogen and oxygen atoms in total. The molecule has 1 aromatic carbocycles. The summed E-state index contributed by atoms with van der Waals surface area (Å²) in [6.07, 6.45) is 4.92. The van der Waals surface area contributed by atoms with Gasteiger partial charge in [-0.25, -0.2) is 19.0 Å². The lowest BCUT2D eigenvalue weighted by Gasteiger charge is -2.12. The summed E-state index contributed by atoms with van der Waals surface area (Å²) < 4.78 is 21.8. The van der Waals surface area contributed by atoms with Crippen LogP contribution in [0.5, 0.6) is 5.75 Å². The molecule has 0 aliphatic carbocycles. The van der Waals surface area contributed by atoms with Crippen LogP contribution in [0.3, 0.4) is 0 Å². The van der Waals surface area contributed by atoms with Gasteiger partial charge in [0.15, 0.2) is 0 Å². The number of halogens is 1. The van der Waals surface area contributed by atoms with Crippen molar-refractivity contribution in [1.82, 2.24) is 19.7 Å². The van der Waals surface area contributed by atoms with Crippen molar-refractivity contribution in [2.75, 3.05) is 5.73 Å². The van der Waals surface area contributed by atoms with Crippen LogP contribution in [-0.2, 0) is 13.0 Å². The number of fused-ring (bicyclic) bond motifs is 1. The van der Waals surface area contributed by atoms with Crippen molar-refractivity contribution in [1.29, 1.82) is 0 Å². The van der Waals surface area contributed by atoms with E-state index in [1.54, 1.807) is 23.3 Å². The largest absolute Gasteiger partial charge is 0.485 e. The summed E-state index contributed by atoms with van der Waals surface area (Å²) in [6, 6.07) is 6.77. The van der Waals surface area contributed by atoms with E-state index in [1.165, 1.54) is 12.4 Å². The van der Waals surface area contributed by atoms with Crippen LogP contribution in [0.2, 0.25) is 0 Å². The fourth-order valence-electron chi connectivity index (χ4n) is 2.88. The molecule has 0 radical (unpaired) electrons. The number of nitrogens with two attached hydrogens (primary N) is 1. The third-order valence-corrected chi connectivity index (χ3v) is 3.99. The van der Waals surface area contributed by atoms with Gasteiger partial charge in [-0.15, -0.1) is 0 Å². The van der Waals surface area contributed by atoms with Crippen molar-refractivity contribution < 1.29 is 9.13 Å². The van der Waals surface area contributed by atoms with Gasteiger partial charge in [0.25, 0.3) is 0 Å². The zero-order chi connectivity index (χ0) is 15.8. The summed E-state index contributed by atoms with van der Waals surface area (Å²) in [5.41, 5.74) is 8.15. The normalized spacial score (nSPS) is 16.1. The topological polar surface area (TPSA) is 78.9 Å². The quantitative estimate of drug-likeness (QED) is 0.801. The van der Waals surface area contributed by atoms with Gasteiger partial charge in [-0.1, -0.05) is 6.07 Å². The Labute approximate surface area is 131 Å². The van der Waals surface area contributed by atoms with Crippen LogP contribution in [0.1, 0.15) is 22.8 Å². The fraction of sp³-hybridized carbons (Fsp3) is 0.188. The molecule has 0 saturated carbocycles. The molecule has 7 heteroatoms. The standard InChI is InChI=1S/C16H14FN5O/c17-13-3-4-14-11(12(13)7-22-9-19-8-21-22)6-15(23-14)10-2-1-5-20-16(10)18/h1-5,8-9,15H,6-7H2,(H2,18,20). The molecule has 2 N–H and O–H groups in total. The Morgan fingerprint density at radius 1 is 1.35 bits per heavy atom. The Morgan fingerprint density at radius 3 is 3.04 bits per heavy atom. The zero-order valence-corrected chi connectivity index (χ0v) is 12.2. The van der Waals surface area contributed by atoms with Crippen molar-refractivity contribution in [2.24, 2.45) is 0 Å². The average molecular weight is 311 g/mol. The molecule has 116 valence electrons. The molecule has 0 bridgehead atoms. The second kappa shape index (κ2) is 5.35. The molecule has 1 unspecified atom stereocenters. The van der Waals surface area contributed by atoms with Crippen LogP contribution in [-0.4, -0.2) is 19.7 Å². The molecule has 2 aromatic heterocycles. The van der Waals surface area contributed by atoms with Crippen LogP contribution in [0.4, 0.5) is 10.2 Å². The Balaban J connectivity index is 1.70. The molecular weight excluding hydrogens is 297 g/mol. The van der Waals surface area contributed by atoms with Gasteiger partial charge in [0.2, 0.25) is 0 Å². The van der Waals surface area contributed by atoms with Crippen LogP contribution < -0.4 is 10.5 Å². The SMILES string of the molecule is Nc1ncccc1C1Cc2c(ccc(F)c2Cn2cncn2)O1. The number of aromatic nitrogens is 4. The summed E-state index contributed by atoms with van der Waals surface area (Å²) in [4.78, 5) is 7.98. The monoisotopic (exact) mass is 311 g/mol. The van der Waals surface area contributed by atoms with E-state index < -0.39 is 0 Å². The molecule has 0 saturated heterocycles. The smallest absolute Gasteiger partial charge is 0.137 e. The number of rotatable bonds is 3. The van der Waals surface area contributed by atoms with Crippen molar-refractivity contribution >= 4 is 5.82 Å². The number of anilines is 1. The Bertz CT molecular complexity index is 850. The summed E-state index contributed by atoms with van der Waals surface area (Å²) >= 11 is 0. The molecule has 23 heavy (non-hydrogen) atoms. The molecule has 1 aliphatic rings. The highest BCUT2D eigenvalue weighted by molar-refractivity contribution is 5.49. The van der Waals surface area contributed by atoms with Gasteiger partial charge in [0, 0.05) is 29.3 Å². The van der Waals surface area contributed by atoms with Crippen molar-refractivity contribution in [3.63, 3.8) is 0 Å². The molecular formula is C16H14FN5O. The van der Waals surface area contributed by atoms with Crippen LogP contribution >= 0.6 is 0 Å². The first kappa shape index (κ1) is 13.7. The lowest BCUT2D eigenvalue weighted by molar-refractivity contribution is 0.239. The second-order valence-corrected chi connectivity index (χ2v) is 5.38. The Kier molecular flexibility index (Phi) is 3.18. The van der Waals surface area contributed by atoms with Crippen molar-refractivity contribution in [3.8, 4) is 5.75 Å². The first-order valence-electron chi connectivity index (χ1n) is 7.22. The van der Waals surface area contributed by atoms with Gasteiger partial charge >= 0.3 is 0 Å². The molecule has 1 aliphatic heterocycles. The van der Waals surface area contributed by atoms with Gasteiger partial charge in [-0.05, 0) is 18.2 Å². The van der Waals surface area contributed by atoms with E-state index in [2.05, 4.69) is 15.1 Å². The lowest BCUT2D eigenvalue weighted by atomic mass is 9.99. The molecule has 3 heterocycles. The van der Waals surface area contributed by atoms with Crippen LogP contribution in [0.15, 0.2) is 43.1 Å². The first-order valence-corrected chi connectivity index (χ1v) is 7.22. The summed E-state index contributed by atoms with van der Waals surface area (Å²) in [5.74, 6) is 0.834. The minimum Gasteiger partial charge on any atom is -0.485 e. The number of benzene rings is 1. The predicted molar refractivity (Wildman–Crippen MR) is 81.2 cm³/mol. The zero-order valence-electron chi connectivity index (χ0n) is 12.2. The molecule has 4 rings (SSSR count). The minimum absolute atomic E-state index is 0.255. The number of hydrogen-bond acceptors (Lipinski definition) is 5. The van der Waals surface area contributed by atoms with Gasteiger partial charge < -0.3 is 10.5 Å². The van der Waals surface area contributed by atoms with Crippen molar-refractivity contribution in [3.05, 3.63) is 65.6 Å². The summed E-state index contributed by atoms with van der Waals surface area (Å²) in [7, 11) is 0. The highest BCUT2D eigenvalue weighted by Crippen LogP contribution is 2.40. The Hall–Kier alpha value is -2.96. The van der Waals surface area contributed by atoms with Gasteiger partial charge in [-0.2, -0.15) is 5.10 Å². The third kappa shape index (κ3) is 2.40. The van der Waals surface area contributed by atoms with E-state index in [-0.39, 0.29) is 11.9 Å². The third-order valence-electron chi connectivity index (χ3n) is 3.99. The summed E-state index contributed by atoms with van der Waals surface area (Å²) in [6.45, 7) is 0.313. The number of nitrogens with zero attached hydrogens (tertiary/aromatic N) is 4. The van der Waals surface area contributed by atoms with E-state index >= 15 is 0 Å². The minimum atomic E-state index is -0.275. The molecule has 1 atom stereocenters. The lowest BCUT2D eigenvalue weighted by Crippen LogP contribution is -2.08. The average Bonchev–Trinajstić information content (AvgIpc) is 3.20. The van der Waals surface area contributed by atoms with Gasteiger partial charge in [0.05, 0.1) is 6.54 Å². The van der Waals surface area contributed by atoms with E-state index in [1.807, 2.05) is 12.1 Å². The molecule has 0 amide bonds. The maximum absolute atomic E-state index is 14.3. The van der Waals surface area contributed by atoms with E-state index in [0.717, 1.165) is 11.1 Å². The van der Waals surface area contributed by atoms with Gasteiger partial charge in [-0.3, -0.25) is 0 Å². The van der Waals surface area contributed by atoms with Crippen molar-refractivity contribution in [2.45, 2.75) is 19.1 Å². The van der Waals surface area contributed by atoms with Crippen LogP contribution in [0, 0.1) is 5.82 Å². The molecule has 3 aromatic rings. The maximum atomic E-state index is 14.3. The van der Waals surface area contributed by atoms with Gasteiger partial charge in [0.1, 0.15) is 36.1 Å².